The molecule has 10 heteroatoms. The molecule has 10 nitrogen and oxygen atoms in total. The lowest BCUT2D eigenvalue weighted by molar-refractivity contribution is -0.264. The van der Waals surface area contributed by atoms with Gasteiger partial charge in [-0.05, 0) is 31.3 Å². The van der Waals surface area contributed by atoms with Crippen LogP contribution in [0.3, 0.4) is 0 Å². The number of rotatable bonds is 4. The molecule has 196 valence electrons. The lowest BCUT2D eigenvalue weighted by Gasteiger charge is -2.67. The van der Waals surface area contributed by atoms with Gasteiger partial charge in [0, 0.05) is 44.4 Å². The van der Waals surface area contributed by atoms with E-state index in [1.165, 1.54) is 26.8 Å². The first-order valence-corrected chi connectivity index (χ1v) is 12.2. The van der Waals surface area contributed by atoms with E-state index in [0.717, 1.165) is 0 Å². The van der Waals surface area contributed by atoms with Crippen molar-refractivity contribution >= 4 is 35.4 Å². The molecule has 0 spiro atoms. The van der Waals surface area contributed by atoms with Crippen LogP contribution in [0.25, 0.3) is 0 Å². The van der Waals surface area contributed by atoms with Gasteiger partial charge in [0.2, 0.25) is 0 Å². The second-order valence-electron chi connectivity index (χ2n) is 10.8. The number of hydrogen-bond donors (Lipinski definition) is 0. The Balaban J connectivity index is 2.00. The Hall–Kier alpha value is -3.04. The number of carbonyl (C=O) groups is 6. The maximum Gasteiger partial charge on any atom is 0.306 e. The predicted octanol–water partition coefficient (Wildman–Crippen LogP) is 1.72. The molecule has 2 saturated carbocycles. The van der Waals surface area contributed by atoms with E-state index in [9.17, 15) is 28.8 Å². The normalized spacial score (nSPS) is 41.2. The summed E-state index contributed by atoms with van der Waals surface area (Å²) in [5.74, 6) is -6.00. The van der Waals surface area contributed by atoms with Crippen molar-refractivity contribution in [1.82, 2.24) is 0 Å². The Morgan fingerprint density at radius 2 is 1.69 bits per heavy atom. The molecule has 0 bridgehead atoms. The van der Waals surface area contributed by atoms with E-state index < -0.39 is 88.3 Å². The van der Waals surface area contributed by atoms with Gasteiger partial charge in [0.25, 0.3) is 0 Å². The minimum absolute atomic E-state index is 0.0811. The van der Waals surface area contributed by atoms with E-state index in [0.29, 0.717) is 5.57 Å². The standard InChI is InChI=1S/C26H32O10/c1-11-7-18(30)24(35-15(5)29)25(6)16(11)8-19-26(10-33-13(3)27)17(9-20(31)36-19)12(2)22(34-14(4)28)21(32)23(25)26/h7,12,16-17,19,22-24H,8-10H2,1-6H3. The van der Waals surface area contributed by atoms with Gasteiger partial charge in [-0.2, -0.15) is 0 Å². The summed E-state index contributed by atoms with van der Waals surface area (Å²) in [4.78, 5) is 76.5. The van der Waals surface area contributed by atoms with Crippen LogP contribution in [0.4, 0.5) is 0 Å². The molecule has 0 amide bonds. The molecule has 9 atom stereocenters. The van der Waals surface area contributed by atoms with Crippen LogP contribution >= 0.6 is 0 Å². The quantitative estimate of drug-likeness (QED) is 0.411. The Morgan fingerprint density at radius 1 is 1.06 bits per heavy atom. The average molecular weight is 505 g/mol. The Morgan fingerprint density at radius 3 is 2.28 bits per heavy atom. The van der Waals surface area contributed by atoms with E-state index in [-0.39, 0.29) is 19.4 Å². The smallest absolute Gasteiger partial charge is 0.306 e. The van der Waals surface area contributed by atoms with Crippen LogP contribution in [0.2, 0.25) is 0 Å². The Labute approximate surface area is 209 Å². The highest BCUT2D eigenvalue weighted by atomic mass is 16.6. The van der Waals surface area contributed by atoms with Crippen molar-refractivity contribution in [3.8, 4) is 0 Å². The molecule has 4 aliphatic rings. The van der Waals surface area contributed by atoms with Gasteiger partial charge in [0.05, 0.1) is 5.41 Å². The van der Waals surface area contributed by atoms with Gasteiger partial charge in [-0.15, -0.1) is 0 Å². The lowest BCUT2D eigenvalue weighted by atomic mass is 9.38. The first-order valence-electron chi connectivity index (χ1n) is 12.2. The summed E-state index contributed by atoms with van der Waals surface area (Å²) in [5.41, 5.74) is -1.80. The average Bonchev–Trinajstić information content (AvgIpc) is 2.76. The number of ether oxygens (including phenoxy) is 4. The Bertz CT molecular complexity index is 1070. The third kappa shape index (κ3) is 3.67. The number of fused-ring (bicyclic) bond motifs is 2. The third-order valence-electron chi connectivity index (χ3n) is 8.83. The summed E-state index contributed by atoms with van der Waals surface area (Å²) in [6, 6.07) is 0. The first kappa shape index (κ1) is 26.0. The SMILES string of the molecule is CC(=O)OCC12C3CC4C(C)=CC(=O)C(OC(C)=O)C4(C)C1C(=O)C(OC(C)=O)C(C)C2CC(=O)O3. The highest BCUT2D eigenvalue weighted by Crippen LogP contribution is 2.68. The van der Waals surface area contributed by atoms with Crippen molar-refractivity contribution in [1.29, 1.82) is 0 Å². The fourth-order valence-corrected chi connectivity index (χ4v) is 7.64. The first-order chi connectivity index (χ1) is 16.7. The molecular weight excluding hydrogens is 472 g/mol. The zero-order valence-corrected chi connectivity index (χ0v) is 21.3. The molecule has 36 heavy (non-hydrogen) atoms. The van der Waals surface area contributed by atoms with Crippen LogP contribution in [0.1, 0.15) is 54.4 Å². The van der Waals surface area contributed by atoms with Crippen LogP contribution in [-0.4, -0.2) is 60.4 Å². The molecule has 1 heterocycles. The van der Waals surface area contributed by atoms with Gasteiger partial charge >= 0.3 is 23.9 Å². The fourth-order valence-electron chi connectivity index (χ4n) is 7.64. The number of esters is 4. The predicted molar refractivity (Wildman–Crippen MR) is 121 cm³/mol. The van der Waals surface area contributed by atoms with Crippen molar-refractivity contribution in [2.75, 3.05) is 6.61 Å². The molecule has 0 aromatic rings. The Kier molecular flexibility index (Phi) is 6.37. The number of allylic oxidation sites excluding steroid dienone is 1. The van der Waals surface area contributed by atoms with Crippen LogP contribution in [0.5, 0.6) is 0 Å². The maximum absolute atomic E-state index is 14.3. The van der Waals surface area contributed by atoms with Gasteiger partial charge in [-0.25, -0.2) is 0 Å². The summed E-state index contributed by atoms with van der Waals surface area (Å²) in [7, 11) is 0. The zero-order valence-electron chi connectivity index (χ0n) is 21.3. The van der Waals surface area contributed by atoms with E-state index in [1.54, 1.807) is 20.8 Å². The lowest BCUT2D eigenvalue weighted by Crippen LogP contribution is -2.75. The van der Waals surface area contributed by atoms with Crippen LogP contribution in [0, 0.1) is 34.5 Å². The number of ketones is 2. The summed E-state index contributed by atoms with van der Waals surface area (Å²) >= 11 is 0. The number of hydrogen-bond acceptors (Lipinski definition) is 10. The molecule has 0 N–H and O–H groups in total. The monoisotopic (exact) mass is 504 g/mol. The highest BCUT2D eigenvalue weighted by molar-refractivity contribution is 5.99. The topological polar surface area (TPSA) is 139 Å². The van der Waals surface area contributed by atoms with Crippen molar-refractivity contribution in [2.45, 2.75) is 72.7 Å². The summed E-state index contributed by atoms with van der Waals surface area (Å²) in [5, 5.41) is 0. The van der Waals surface area contributed by atoms with Gasteiger partial charge in [-0.3, -0.25) is 28.8 Å². The van der Waals surface area contributed by atoms with Gasteiger partial charge in [-0.1, -0.05) is 19.4 Å². The van der Waals surface area contributed by atoms with E-state index in [4.69, 9.17) is 18.9 Å². The minimum atomic E-state index is -1.29. The number of carbonyl (C=O) groups excluding carboxylic acids is 6. The molecule has 0 radical (unpaired) electrons. The molecule has 0 aromatic heterocycles. The van der Waals surface area contributed by atoms with Gasteiger partial charge in [0.15, 0.2) is 23.8 Å². The second kappa shape index (κ2) is 8.81. The molecule has 3 aliphatic carbocycles. The van der Waals surface area contributed by atoms with Crippen molar-refractivity contribution in [3.05, 3.63) is 11.6 Å². The molecule has 1 aliphatic heterocycles. The molecule has 9 unspecified atom stereocenters. The molecule has 1 saturated heterocycles. The fraction of sp³-hybridized carbons (Fsp3) is 0.692. The summed E-state index contributed by atoms with van der Waals surface area (Å²) in [6.07, 6.45) is -1.71. The molecule has 3 fully saturated rings. The molecule has 0 aromatic carbocycles. The van der Waals surface area contributed by atoms with Gasteiger partial charge < -0.3 is 18.9 Å². The highest BCUT2D eigenvalue weighted by Gasteiger charge is 2.76. The van der Waals surface area contributed by atoms with Crippen LogP contribution in [0.15, 0.2) is 11.6 Å². The number of Topliss-reactive ketones (excluding diaryl/α,β-unsaturated/α-hetero) is 1. The van der Waals surface area contributed by atoms with Crippen molar-refractivity contribution in [3.63, 3.8) is 0 Å². The maximum atomic E-state index is 14.3. The van der Waals surface area contributed by atoms with Crippen molar-refractivity contribution < 1.29 is 47.7 Å². The molecule has 4 rings (SSSR count). The van der Waals surface area contributed by atoms with E-state index >= 15 is 0 Å². The van der Waals surface area contributed by atoms with Crippen LogP contribution in [-0.2, 0) is 47.7 Å². The second-order valence-corrected chi connectivity index (χ2v) is 10.8. The largest absolute Gasteiger partial charge is 0.465 e. The van der Waals surface area contributed by atoms with E-state index in [1.807, 2.05) is 0 Å². The van der Waals surface area contributed by atoms with Crippen LogP contribution < -0.4 is 0 Å². The third-order valence-corrected chi connectivity index (χ3v) is 8.83. The molecular formula is C26H32O10. The summed E-state index contributed by atoms with van der Waals surface area (Å²) in [6.45, 7) is 8.61. The van der Waals surface area contributed by atoms with Gasteiger partial charge in [0.1, 0.15) is 12.7 Å². The van der Waals surface area contributed by atoms with E-state index in [2.05, 4.69) is 0 Å². The minimum Gasteiger partial charge on any atom is -0.465 e. The van der Waals surface area contributed by atoms with Crippen molar-refractivity contribution in [2.24, 2.45) is 34.5 Å². The zero-order chi connectivity index (χ0) is 26.7. The summed E-state index contributed by atoms with van der Waals surface area (Å²) < 4.78 is 22.4.